The molecular weight excluding hydrogens is 242 g/mol. The molecule has 100 valence electrons. The van der Waals surface area contributed by atoms with Crippen molar-refractivity contribution in [2.24, 2.45) is 0 Å². The summed E-state index contributed by atoms with van der Waals surface area (Å²) in [6.07, 6.45) is 4.75. The van der Waals surface area contributed by atoms with E-state index in [1.165, 1.54) is 10.9 Å². The minimum atomic E-state index is -0.0987. The highest BCUT2D eigenvalue weighted by molar-refractivity contribution is 5.76. The van der Waals surface area contributed by atoms with Crippen molar-refractivity contribution in [3.05, 3.63) is 54.6 Å². The summed E-state index contributed by atoms with van der Waals surface area (Å²) in [5.74, 6) is 0. The van der Waals surface area contributed by atoms with E-state index in [0.717, 1.165) is 5.56 Å². The maximum Gasteiger partial charge on any atom is 0.329 e. The maximum absolute atomic E-state index is 12.3. The second kappa shape index (κ2) is 6.70. The summed E-state index contributed by atoms with van der Waals surface area (Å²) < 4.78 is 6.53. The molecule has 0 unspecified atom stereocenters. The Labute approximate surface area is 112 Å². The van der Waals surface area contributed by atoms with Crippen LogP contribution in [0.15, 0.2) is 49.1 Å². The van der Waals surface area contributed by atoms with Crippen LogP contribution in [0.1, 0.15) is 5.56 Å². The van der Waals surface area contributed by atoms with Crippen LogP contribution in [0, 0.1) is 0 Å². The molecule has 0 fully saturated rings. The van der Waals surface area contributed by atoms with Crippen molar-refractivity contribution in [1.82, 2.24) is 14.5 Å². The van der Waals surface area contributed by atoms with Gasteiger partial charge in [0, 0.05) is 32.6 Å². The van der Waals surface area contributed by atoms with Crippen LogP contribution in [0.25, 0.3) is 0 Å². The third-order valence-electron chi connectivity index (χ3n) is 2.78. The van der Waals surface area contributed by atoms with Gasteiger partial charge in [-0.1, -0.05) is 30.3 Å². The molecule has 0 radical (unpaired) electrons. The Hall–Kier alpha value is -2.14. The Morgan fingerprint density at radius 3 is 2.79 bits per heavy atom. The van der Waals surface area contributed by atoms with Crippen molar-refractivity contribution in [3.63, 3.8) is 0 Å². The van der Waals surface area contributed by atoms with Gasteiger partial charge in [-0.05, 0) is 5.56 Å². The van der Waals surface area contributed by atoms with Crippen molar-refractivity contribution in [3.8, 4) is 0 Å². The van der Waals surface area contributed by atoms with E-state index >= 15 is 0 Å². The molecule has 0 saturated heterocycles. The van der Waals surface area contributed by atoms with Gasteiger partial charge in [0.2, 0.25) is 0 Å². The molecule has 19 heavy (non-hydrogen) atoms. The summed E-state index contributed by atoms with van der Waals surface area (Å²) in [7, 11) is 1.63. The van der Waals surface area contributed by atoms with E-state index in [-0.39, 0.29) is 6.03 Å². The molecule has 5 nitrogen and oxygen atoms in total. The van der Waals surface area contributed by atoms with Crippen LogP contribution in [0.5, 0.6) is 0 Å². The van der Waals surface area contributed by atoms with Gasteiger partial charge in [-0.25, -0.2) is 9.78 Å². The first-order valence-corrected chi connectivity index (χ1v) is 6.11. The summed E-state index contributed by atoms with van der Waals surface area (Å²) >= 11 is 0. The fourth-order valence-electron chi connectivity index (χ4n) is 1.78. The fourth-order valence-corrected chi connectivity index (χ4v) is 1.78. The predicted molar refractivity (Wildman–Crippen MR) is 71.7 cm³/mol. The number of methoxy groups -OCH3 is 1. The largest absolute Gasteiger partial charge is 0.383 e. The van der Waals surface area contributed by atoms with Gasteiger partial charge < -0.3 is 9.64 Å². The van der Waals surface area contributed by atoms with Gasteiger partial charge in [0.25, 0.3) is 0 Å². The molecule has 2 rings (SSSR count). The minimum Gasteiger partial charge on any atom is -0.383 e. The molecule has 0 bridgehead atoms. The first kappa shape index (κ1) is 13.3. The number of imidazole rings is 1. The van der Waals surface area contributed by atoms with E-state index in [1.807, 2.05) is 30.3 Å². The average molecular weight is 259 g/mol. The highest BCUT2D eigenvalue weighted by atomic mass is 16.5. The number of hydrogen-bond acceptors (Lipinski definition) is 3. The lowest BCUT2D eigenvalue weighted by Crippen LogP contribution is -2.36. The Balaban J connectivity index is 2.09. The molecule has 0 aliphatic heterocycles. The highest BCUT2D eigenvalue weighted by Crippen LogP contribution is 2.06. The number of nitrogens with zero attached hydrogens (tertiary/aromatic N) is 3. The average Bonchev–Trinajstić information content (AvgIpc) is 2.98. The number of aromatic nitrogens is 2. The van der Waals surface area contributed by atoms with Crippen LogP contribution >= 0.6 is 0 Å². The highest BCUT2D eigenvalue weighted by Gasteiger charge is 2.15. The lowest BCUT2D eigenvalue weighted by molar-refractivity contribution is 0.147. The van der Waals surface area contributed by atoms with Gasteiger partial charge in [-0.15, -0.1) is 0 Å². The van der Waals surface area contributed by atoms with Crippen LogP contribution in [0.3, 0.4) is 0 Å². The van der Waals surface area contributed by atoms with Crippen LogP contribution in [0.2, 0.25) is 0 Å². The van der Waals surface area contributed by atoms with Crippen LogP contribution in [-0.2, 0) is 11.3 Å². The van der Waals surface area contributed by atoms with Crippen molar-refractivity contribution in [2.75, 3.05) is 20.3 Å². The fraction of sp³-hybridized carbons (Fsp3) is 0.286. The molecule has 1 amide bonds. The van der Waals surface area contributed by atoms with E-state index in [9.17, 15) is 4.79 Å². The molecule has 0 N–H and O–H groups in total. The Kier molecular flexibility index (Phi) is 4.69. The number of hydrogen-bond donors (Lipinski definition) is 0. The molecule has 0 spiro atoms. The lowest BCUT2D eigenvalue weighted by atomic mass is 10.2. The SMILES string of the molecule is COCCN(Cc1ccccc1)C(=O)n1ccnc1. The molecule has 0 atom stereocenters. The van der Waals surface area contributed by atoms with Crippen LogP contribution < -0.4 is 0 Å². The third kappa shape index (κ3) is 3.66. The van der Waals surface area contributed by atoms with E-state index in [4.69, 9.17) is 4.74 Å². The van der Waals surface area contributed by atoms with E-state index in [0.29, 0.717) is 19.7 Å². The second-order valence-electron chi connectivity index (χ2n) is 4.15. The molecule has 1 aromatic heterocycles. The zero-order valence-corrected chi connectivity index (χ0v) is 10.9. The summed E-state index contributed by atoms with van der Waals surface area (Å²) in [6.45, 7) is 1.61. The number of amides is 1. The van der Waals surface area contributed by atoms with Crippen LogP contribution in [-0.4, -0.2) is 40.7 Å². The van der Waals surface area contributed by atoms with Gasteiger partial charge >= 0.3 is 6.03 Å². The zero-order chi connectivity index (χ0) is 13.5. The Morgan fingerprint density at radius 2 is 2.16 bits per heavy atom. The van der Waals surface area contributed by atoms with E-state index in [2.05, 4.69) is 4.98 Å². The predicted octanol–water partition coefficient (Wildman–Crippen LogP) is 2.00. The van der Waals surface area contributed by atoms with Gasteiger partial charge in [0.15, 0.2) is 0 Å². The first-order chi connectivity index (χ1) is 9.31. The molecule has 0 aliphatic rings. The molecule has 2 aromatic rings. The van der Waals surface area contributed by atoms with E-state index in [1.54, 1.807) is 24.4 Å². The molecule has 1 aromatic carbocycles. The number of benzene rings is 1. The number of carbonyl (C=O) groups excluding carboxylic acids is 1. The second-order valence-corrected chi connectivity index (χ2v) is 4.15. The monoisotopic (exact) mass is 259 g/mol. The summed E-state index contributed by atoms with van der Waals surface area (Å²) in [5, 5.41) is 0. The van der Waals surface area contributed by atoms with Gasteiger partial charge in [0.1, 0.15) is 6.33 Å². The zero-order valence-electron chi connectivity index (χ0n) is 10.9. The Bertz CT molecular complexity index is 497. The quantitative estimate of drug-likeness (QED) is 0.825. The smallest absolute Gasteiger partial charge is 0.329 e. The molecule has 5 heteroatoms. The molecular formula is C14H17N3O2. The van der Waals surface area contributed by atoms with Gasteiger partial charge in [-0.2, -0.15) is 0 Å². The summed E-state index contributed by atoms with van der Waals surface area (Å²) in [6, 6.07) is 9.79. The van der Waals surface area contributed by atoms with Crippen molar-refractivity contribution < 1.29 is 9.53 Å². The summed E-state index contributed by atoms with van der Waals surface area (Å²) in [5.41, 5.74) is 1.09. The minimum absolute atomic E-state index is 0.0987. The number of rotatable bonds is 5. The van der Waals surface area contributed by atoms with Crippen molar-refractivity contribution in [1.29, 1.82) is 0 Å². The molecule has 0 saturated carbocycles. The normalized spacial score (nSPS) is 10.4. The standard InChI is InChI=1S/C14H17N3O2/c1-19-10-9-16(11-13-5-3-2-4-6-13)14(18)17-8-7-15-12-17/h2-8,12H,9-11H2,1H3. The third-order valence-corrected chi connectivity index (χ3v) is 2.78. The lowest BCUT2D eigenvalue weighted by Gasteiger charge is -2.22. The number of carbonyl (C=O) groups is 1. The van der Waals surface area contributed by atoms with Crippen LogP contribution in [0.4, 0.5) is 4.79 Å². The molecule has 1 heterocycles. The number of ether oxygens (including phenoxy) is 1. The van der Waals surface area contributed by atoms with E-state index < -0.39 is 0 Å². The topological polar surface area (TPSA) is 47.4 Å². The summed E-state index contributed by atoms with van der Waals surface area (Å²) in [4.78, 5) is 17.9. The maximum atomic E-state index is 12.3. The van der Waals surface area contributed by atoms with Crippen molar-refractivity contribution >= 4 is 6.03 Å². The van der Waals surface area contributed by atoms with Gasteiger partial charge in [-0.3, -0.25) is 4.57 Å². The Morgan fingerprint density at radius 1 is 1.37 bits per heavy atom. The van der Waals surface area contributed by atoms with Gasteiger partial charge in [0.05, 0.1) is 6.61 Å². The molecule has 0 aliphatic carbocycles. The first-order valence-electron chi connectivity index (χ1n) is 6.11. The van der Waals surface area contributed by atoms with Crippen molar-refractivity contribution in [2.45, 2.75) is 6.54 Å².